The first-order valence-electron chi connectivity index (χ1n) is 5.62. The van der Waals surface area contributed by atoms with Gasteiger partial charge in [0.05, 0.1) is 5.69 Å². The van der Waals surface area contributed by atoms with Gasteiger partial charge in [0.25, 0.3) is 0 Å². The van der Waals surface area contributed by atoms with E-state index in [-0.39, 0.29) is 5.75 Å². The molecule has 0 aliphatic carbocycles. The van der Waals surface area contributed by atoms with Gasteiger partial charge in [-0.05, 0) is 23.8 Å². The molecule has 1 heterocycles. The maximum Gasteiger partial charge on any atom is 0.117 e. The summed E-state index contributed by atoms with van der Waals surface area (Å²) in [5, 5.41) is 18.3. The molecule has 0 spiro atoms. The van der Waals surface area contributed by atoms with Crippen LogP contribution in [0.25, 0.3) is 16.7 Å². The molecule has 18 heavy (non-hydrogen) atoms. The monoisotopic (exact) mass is 240 g/mol. The van der Waals surface area contributed by atoms with Crippen LogP contribution in [0.2, 0.25) is 0 Å². The molecule has 5 nitrogen and oxygen atoms in total. The minimum atomic E-state index is 0.170. The van der Waals surface area contributed by atoms with E-state index in [0.29, 0.717) is 12.2 Å². The van der Waals surface area contributed by atoms with E-state index >= 15 is 0 Å². The minimum Gasteiger partial charge on any atom is -0.508 e. The summed E-state index contributed by atoms with van der Waals surface area (Å²) in [5.74, 6) is 0.170. The highest BCUT2D eigenvalue weighted by Gasteiger charge is 2.08. The fraction of sp³-hybridized carbons (Fsp3) is 0.0769. The fourth-order valence-electron chi connectivity index (χ4n) is 1.88. The Morgan fingerprint density at radius 1 is 1.06 bits per heavy atom. The molecule has 0 aliphatic heterocycles. The van der Waals surface area contributed by atoms with Crippen molar-refractivity contribution in [3.05, 3.63) is 48.0 Å². The normalized spacial score (nSPS) is 10.9. The van der Waals surface area contributed by atoms with E-state index in [1.165, 1.54) is 4.80 Å². The van der Waals surface area contributed by atoms with E-state index in [0.717, 1.165) is 16.6 Å². The Labute approximate surface area is 103 Å². The van der Waals surface area contributed by atoms with E-state index in [1.54, 1.807) is 18.2 Å². The Morgan fingerprint density at radius 2 is 1.72 bits per heavy atom. The van der Waals surface area contributed by atoms with Crippen LogP contribution in [-0.4, -0.2) is 20.1 Å². The highest BCUT2D eigenvalue weighted by atomic mass is 16.3. The van der Waals surface area contributed by atoms with Crippen LogP contribution in [0.15, 0.2) is 42.5 Å². The van der Waals surface area contributed by atoms with Gasteiger partial charge < -0.3 is 10.8 Å². The SMILES string of the molecule is NCc1ccc(O)cc1-n1nc2ccccc2n1. The number of aromatic nitrogens is 3. The minimum absolute atomic E-state index is 0.170. The van der Waals surface area contributed by atoms with Gasteiger partial charge in [0.1, 0.15) is 16.8 Å². The molecule has 5 heteroatoms. The lowest BCUT2D eigenvalue weighted by atomic mass is 10.2. The number of phenols is 1. The smallest absolute Gasteiger partial charge is 0.117 e. The van der Waals surface area contributed by atoms with Gasteiger partial charge in [-0.15, -0.1) is 15.0 Å². The van der Waals surface area contributed by atoms with Gasteiger partial charge in [0.15, 0.2) is 0 Å². The Kier molecular flexibility index (Phi) is 2.46. The Hall–Kier alpha value is -2.40. The highest BCUT2D eigenvalue weighted by molar-refractivity contribution is 5.73. The number of hydrogen-bond donors (Lipinski definition) is 2. The highest BCUT2D eigenvalue weighted by Crippen LogP contribution is 2.20. The predicted molar refractivity (Wildman–Crippen MR) is 68.4 cm³/mol. The first kappa shape index (κ1) is 10.7. The predicted octanol–water partition coefficient (Wildman–Crippen LogP) is 1.58. The van der Waals surface area contributed by atoms with E-state index in [4.69, 9.17) is 5.73 Å². The first-order chi connectivity index (χ1) is 8.78. The molecule has 0 unspecified atom stereocenters. The lowest BCUT2D eigenvalue weighted by Gasteiger charge is -2.06. The number of hydrogen-bond acceptors (Lipinski definition) is 4. The Bertz CT molecular complexity index is 672. The molecule has 2 aromatic carbocycles. The summed E-state index contributed by atoms with van der Waals surface area (Å²) in [6.07, 6.45) is 0. The third-order valence-corrected chi connectivity index (χ3v) is 2.79. The van der Waals surface area contributed by atoms with Gasteiger partial charge in [-0.1, -0.05) is 18.2 Å². The Balaban J connectivity index is 2.22. The number of benzene rings is 2. The summed E-state index contributed by atoms with van der Waals surface area (Å²) in [6.45, 7) is 0.369. The van der Waals surface area contributed by atoms with Crippen molar-refractivity contribution in [3.8, 4) is 11.4 Å². The Morgan fingerprint density at radius 3 is 2.33 bits per heavy atom. The zero-order valence-electron chi connectivity index (χ0n) is 9.61. The maximum absolute atomic E-state index is 9.56. The zero-order chi connectivity index (χ0) is 12.5. The zero-order valence-corrected chi connectivity index (χ0v) is 9.61. The molecular weight excluding hydrogens is 228 g/mol. The quantitative estimate of drug-likeness (QED) is 0.713. The first-order valence-corrected chi connectivity index (χ1v) is 5.62. The molecule has 0 radical (unpaired) electrons. The average Bonchev–Trinajstić information content (AvgIpc) is 2.82. The van der Waals surface area contributed by atoms with Gasteiger partial charge in [-0.25, -0.2) is 0 Å². The van der Waals surface area contributed by atoms with Crippen molar-refractivity contribution in [3.63, 3.8) is 0 Å². The second kappa shape index (κ2) is 4.12. The van der Waals surface area contributed by atoms with Gasteiger partial charge in [-0.3, -0.25) is 0 Å². The van der Waals surface area contributed by atoms with Crippen LogP contribution in [0.5, 0.6) is 5.75 Å². The summed E-state index contributed by atoms with van der Waals surface area (Å²) in [4.78, 5) is 1.51. The summed E-state index contributed by atoms with van der Waals surface area (Å²) >= 11 is 0. The molecule has 0 atom stereocenters. The number of nitrogens with two attached hydrogens (primary N) is 1. The van der Waals surface area contributed by atoms with Crippen LogP contribution < -0.4 is 5.73 Å². The van der Waals surface area contributed by atoms with Gasteiger partial charge in [-0.2, -0.15) is 0 Å². The fourth-order valence-corrected chi connectivity index (χ4v) is 1.88. The van der Waals surface area contributed by atoms with Gasteiger partial charge in [0, 0.05) is 12.6 Å². The van der Waals surface area contributed by atoms with Crippen molar-refractivity contribution in [2.75, 3.05) is 0 Å². The third-order valence-electron chi connectivity index (χ3n) is 2.79. The third kappa shape index (κ3) is 1.70. The topological polar surface area (TPSA) is 77.0 Å². The van der Waals surface area contributed by atoms with Crippen molar-refractivity contribution in [1.29, 1.82) is 0 Å². The van der Waals surface area contributed by atoms with Crippen LogP contribution in [0.1, 0.15) is 5.56 Å². The second-order valence-electron chi connectivity index (χ2n) is 4.00. The van der Waals surface area contributed by atoms with Crippen molar-refractivity contribution < 1.29 is 5.11 Å². The van der Waals surface area contributed by atoms with Crippen molar-refractivity contribution in [2.45, 2.75) is 6.54 Å². The molecule has 0 aliphatic rings. The van der Waals surface area contributed by atoms with Crippen LogP contribution in [-0.2, 0) is 6.54 Å². The van der Waals surface area contributed by atoms with E-state index in [9.17, 15) is 5.11 Å². The standard InChI is InChI=1S/C13H12N4O/c14-8-9-5-6-10(18)7-13(9)17-15-11-3-1-2-4-12(11)16-17/h1-7,18H,8,14H2. The average molecular weight is 240 g/mol. The van der Waals surface area contributed by atoms with E-state index < -0.39 is 0 Å². The lowest BCUT2D eigenvalue weighted by Crippen LogP contribution is -2.06. The molecule has 0 saturated carbocycles. The molecule has 3 rings (SSSR count). The lowest BCUT2D eigenvalue weighted by molar-refractivity contribution is 0.474. The summed E-state index contributed by atoms with van der Waals surface area (Å²) < 4.78 is 0. The van der Waals surface area contributed by atoms with Gasteiger partial charge >= 0.3 is 0 Å². The number of aromatic hydroxyl groups is 1. The number of nitrogens with zero attached hydrogens (tertiary/aromatic N) is 3. The summed E-state index contributed by atoms with van der Waals surface area (Å²) in [5.41, 5.74) is 8.88. The molecule has 3 N–H and O–H groups in total. The number of fused-ring (bicyclic) bond motifs is 1. The summed E-state index contributed by atoms with van der Waals surface area (Å²) in [7, 11) is 0. The van der Waals surface area contributed by atoms with Crippen LogP contribution in [0.3, 0.4) is 0 Å². The maximum atomic E-state index is 9.56. The molecule has 1 aromatic heterocycles. The van der Waals surface area contributed by atoms with Crippen molar-refractivity contribution >= 4 is 11.0 Å². The van der Waals surface area contributed by atoms with E-state index in [1.807, 2.05) is 24.3 Å². The molecular formula is C13H12N4O. The summed E-state index contributed by atoms with van der Waals surface area (Å²) in [6, 6.07) is 12.6. The number of phenolic OH excluding ortho intramolecular Hbond substituents is 1. The molecule has 0 fully saturated rings. The van der Waals surface area contributed by atoms with Crippen LogP contribution >= 0.6 is 0 Å². The van der Waals surface area contributed by atoms with Crippen molar-refractivity contribution in [1.82, 2.24) is 15.0 Å². The molecule has 0 saturated heterocycles. The van der Waals surface area contributed by atoms with E-state index in [2.05, 4.69) is 10.2 Å². The largest absolute Gasteiger partial charge is 0.508 e. The van der Waals surface area contributed by atoms with Crippen LogP contribution in [0.4, 0.5) is 0 Å². The number of rotatable bonds is 2. The second-order valence-corrected chi connectivity index (χ2v) is 4.00. The molecule has 0 bridgehead atoms. The van der Waals surface area contributed by atoms with Crippen LogP contribution in [0, 0.1) is 0 Å². The molecule has 3 aromatic rings. The molecule has 90 valence electrons. The van der Waals surface area contributed by atoms with Crippen molar-refractivity contribution in [2.24, 2.45) is 5.73 Å². The van der Waals surface area contributed by atoms with Gasteiger partial charge in [0.2, 0.25) is 0 Å². The molecule has 0 amide bonds.